The van der Waals surface area contributed by atoms with E-state index in [1.54, 1.807) is 31.4 Å². The van der Waals surface area contributed by atoms with Crippen LogP contribution >= 0.6 is 0 Å². The van der Waals surface area contributed by atoms with E-state index in [4.69, 9.17) is 4.74 Å². The molecule has 3 aromatic rings. The van der Waals surface area contributed by atoms with E-state index in [2.05, 4.69) is 20.2 Å². The average Bonchev–Trinajstić information content (AvgIpc) is 2.64. The van der Waals surface area contributed by atoms with Crippen molar-refractivity contribution in [2.24, 2.45) is 0 Å². The van der Waals surface area contributed by atoms with Crippen LogP contribution in [0.5, 0.6) is 5.75 Å². The number of hydrogen-bond donors (Lipinski definition) is 2. The van der Waals surface area contributed by atoms with Crippen LogP contribution in [0.1, 0.15) is 0 Å². The molecule has 0 aliphatic carbocycles. The normalized spacial score (nSPS) is 10.9. The van der Waals surface area contributed by atoms with E-state index in [-0.39, 0.29) is 10.7 Å². The first-order chi connectivity index (χ1) is 12.1. The zero-order chi connectivity index (χ0) is 17.7. The van der Waals surface area contributed by atoms with Crippen LogP contribution in [0.25, 0.3) is 0 Å². The zero-order valence-corrected chi connectivity index (χ0v) is 14.2. The van der Waals surface area contributed by atoms with Gasteiger partial charge in [0.1, 0.15) is 5.75 Å². The molecule has 3 rings (SSSR count). The molecule has 7 nitrogen and oxygen atoms in total. The zero-order valence-electron chi connectivity index (χ0n) is 13.4. The van der Waals surface area contributed by atoms with Gasteiger partial charge in [-0.3, -0.25) is 4.72 Å². The monoisotopic (exact) mass is 356 g/mol. The lowest BCUT2D eigenvalue weighted by molar-refractivity contribution is 0.415. The van der Waals surface area contributed by atoms with Gasteiger partial charge >= 0.3 is 0 Å². The van der Waals surface area contributed by atoms with Crippen LogP contribution < -0.4 is 14.8 Å². The van der Waals surface area contributed by atoms with Crippen LogP contribution in [-0.4, -0.2) is 25.7 Å². The third-order valence-electron chi connectivity index (χ3n) is 3.30. The quantitative estimate of drug-likeness (QED) is 0.705. The van der Waals surface area contributed by atoms with Crippen molar-refractivity contribution in [3.8, 4) is 5.75 Å². The number of nitrogens with one attached hydrogen (secondary N) is 2. The van der Waals surface area contributed by atoms with E-state index in [1.807, 2.05) is 24.3 Å². The Balaban J connectivity index is 1.72. The molecule has 0 unspecified atom stereocenters. The molecule has 25 heavy (non-hydrogen) atoms. The fourth-order valence-corrected chi connectivity index (χ4v) is 3.12. The maximum atomic E-state index is 12.2. The van der Waals surface area contributed by atoms with Gasteiger partial charge in [-0.05, 0) is 36.4 Å². The molecule has 0 fully saturated rings. The van der Waals surface area contributed by atoms with Gasteiger partial charge in [0.25, 0.3) is 10.0 Å². The second-order valence-electron chi connectivity index (χ2n) is 5.08. The Morgan fingerprint density at radius 3 is 2.28 bits per heavy atom. The second kappa shape index (κ2) is 7.18. The number of hydrogen-bond acceptors (Lipinski definition) is 6. The molecule has 128 valence electrons. The summed E-state index contributed by atoms with van der Waals surface area (Å²) in [6.07, 6.45) is 0. The summed E-state index contributed by atoms with van der Waals surface area (Å²) in [5.41, 5.74) is 0.784. The van der Waals surface area contributed by atoms with Gasteiger partial charge < -0.3 is 10.1 Å². The van der Waals surface area contributed by atoms with Gasteiger partial charge in [-0.2, -0.15) is 0 Å². The number of sulfonamides is 1. The van der Waals surface area contributed by atoms with Gasteiger partial charge in [-0.15, -0.1) is 10.2 Å². The highest BCUT2D eigenvalue weighted by Gasteiger charge is 2.14. The minimum atomic E-state index is -3.68. The molecule has 8 heteroatoms. The van der Waals surface area contributed by atoms with Crippen LogP contribution in [0, 0.1) is 0 Å². The minimum Gasteiger partial charge on any atom is -0.497 e. The summed E-state index contributed by atoms with van der Waals surface area (Å²) in [6, 6.07) is 18.6. The van der Waals surface area contributed by atoms with Gasteiger partial charge in [0.2, 0.25) is 0 Å². The number of anilines is 3. The predicted molar refractivity (Wildman–Crippen MR) is 95.6 cm³/mol. The maximum absolute atomic E-state index is 12.2. The topological polar surface area (TPSA) is 93.2 Å². The Morgan fingerprint density at radius 2 is 1.60 bits per heavy atom. The highest BCUT2D eigenvalue weighted by molar-refractivity contribution is 7.92. The Morgan fingerprint density at radius 1 is 0.880 bits per heavy atom. The number of ether oxygens (including phenoxy) is 1. The summed E-state index contributed by atoms with van der Waals surface area (Å²) in [7, 11) is -2.09. The lowest BCUT2D eigenvalue weighted by Crippen LogP contribution is -2.14. The van der Waals surface area contributed by atoms with Crippen LogP contribution in [0.2, 0.25) is 0 Å². The molecule has 1 aromatic heterocycles. The number of aromatic nitrogens is 2. The van der Waals surface area contributed by atoms with Crippen LogP contribution in [0.15, 0.2) is 71.6 Å². The molecule has 0 spiro atoms. The van der Waals surface area contributed by atoms with E-state index in [1.165, 1.54) is 18.2 Å². The molecule has 0 radical (unpaired) electrons. The third-order valence-corrected chi connectivity index (χ3v) is 4.67. The lowest BCUT2D eigenvalue weighted by atomic mass is 10.3. The standard InChI is InChI=1S/C17H16N4O3S/c1-24-14-7-5-6-13(12-14)18-16-10-11-17(20-19-16)21-25(22,23)15-8-3-2-4-9-15/h2-12H,1H3,(H,18,19)(H,20,21). The Bertz CT molecular complexity index is 945. The molecule has 0 saturated carbocycles. The number of methoxy groups -OCH3 is 1. The van der Waals surface area contributed by atoms with Crippen LogP contribution in [-0.2, 0) is 10.0 Å². The number of nitrogens with zero attached hydrogens (tertiary/aromatic N) is 2. The van der Waals surface area contributed by atoms with Crippen molar-refractivity contribution < 1.29 is 13.2 Å². The summed E-state index contributed by atoms with van der Waals surface area (Å²) >= 11 is 0. The Kier molecular flexibility index (Phi) is 4.80. The number of benzene rings is 2. The molecule has 0 atom stereocenters. The van der Waals surface area contributed by atoms with Crippen molar-refractivity contribution >= 4 is 27.3 Å². The summed E-state index contributed by atoms with van der Waals surface area (Å²) in [5, 5.41) is 10.9. The van der Waals surface area contributed by atoms with Crippen LogP contribution in [0.3, 0.4) is 0 Å². The summed E-state index contributed by atoms with van der Waals surface area (Å²) in [6.45, 7) is 0. The molecule has 2 aromatic carbocycles. The van der Waals surface area contributed by atoms with E-state index in [9.17, 15) is 8.42 Å². The van der Waals surface area contributed by atoms with E-state index >= 15 is 0 Å². The molecule has 2 N–H and O–H groups in total. The van der Waals surface area contributed by atoms with Crippen LogP contribution in [0.4, 0.5) is 17.3 Å². The van der Waals surface area contributed by atoms with Crippen molar-refractivity contribution in [1.29, 1.82) is 0 Å². The molecular formula is C17H16N4O3S. The number of rotatable bonds is 6. The lowest BCUT2D eigenvalue weighted by Gasteiger charge is -2.09. The first kappa shape index (κ1) is 16.7. The van der Waals surface area contributed by atoms with E-state index in [0.717, 1.165) is 5.69 Å². The van der Waals surface area contributed by atoms with Gasteiger partial charge in [0.15, 0.2) is 11.6 Å². The second-order valence-corrected chi connectivity index (χ2v) is 6.76. The first-order valence-corrected chi connectivity index (χ1v) is 8.88. The highest BCUT2D eigenvalue weighted by atomic mass is 32.2. The third kappa shape index (κ3) is 4.24. The molecule has 0 aliphatic rings. The van der Waals surface area contributed by atoms with Gasteiger partial charge in [-0.25, -0.2) is 8.42 Å². The van der Waals surface area contributed by atoms with Gasteiger partial charge in [0.05, 0.1) is 12.0 Å². The highest BCUT2D eigenvalue weighted by Crippen LogP contribution is 2.20. The van der Waals surface area contributed by atoms with Crippen molar-refractivity contribution in [3.05, 3.63) is 66.7 Å². The molecule has 1 heterocycles. The maximum Gasteiger partial charge on any atom is 0.263 e. The molecule has 0 saturated heterocycles. The largest absolute Gasteiger partial charge is 0.497 e. The average molecular weight is 356 g/mol. The Hall–Kier alpha value is -3.13. The fraction of sp³-hybridized carbons (Fsp3) is 0.0588. The van der Waals surface area contributed by atoms with Gasteiger partial charge in [0, 0.05) is 11.8 Å². The Labute approximate surface area is 145 Å². The van der Waals surface area contributed by atoms with Crippen molar-refractivity contribution in [2.45, 2.75) is 4.90 Å². The smallest absolute Gasteiger partial charge is 0.263 e. The van der Waals surface area contributed by atoms with Crippen molar-refractivity contribution in [1.82, 2.24) is 10.2 Å². The molecule has 0 aliphatic heterocycles. The molecule has 0 bridgehead atoms. The van der Waals surface area contributed by atoms with Crippen molar-refractivity contribution in [2.75, 3.05) is 17.1 Å². The van der Waals surface area contributed by atoms with E-state index in [0.29, 0.717) is 11.6 Å². The first-order valence-electron chi connectivity index (χ1n) is 7.39. The SMILES string of the molecule is COc1cccc(Nc2ccc(NS(=O)(=O)c3ccccc3)nn2)c1. The summed E-state index contributed by atoms with van der Waals surface area (Å²) < 4.78 is 32.0. The van der Waals surface area contributed by atoms with Gasteiger partial charge in [-0.1, -0.05) is 24.3 Å². The van der Waals surface area contributed by atoms with E-state index < -0.39 is 10.0 Å². The summed E-state index contributed by atoms with van der Waals surface area (Å²) in [5.74, 6) is 1.33. The fourth-order valence-electron chi connectivity index (χ4n) is 2.10. The molecule has 0 amide bonds. The predicted octanol–water partition coefficient (Wildman–Crippen LogP) is 3.03. The van der Waals surface area contributed by atoms with Crippen molar-refractivity contribution in [3.63, 3.8) is 0 Å². The minimum absolute atomic E-state index is 0.139. The molecular weight excluding hydrogens is 340 g/mol. The summed E-state index contributed by atoms with van der Waals surface area (Å²) in [4.78, 5) is 0.162.